The second kappa shape index (κ2) is 7.72. The van der Waals surface area contributed by atoms with Gasteiger partial charge in [-0.05, 0) is 37.1 Å². The number of carbonyl (C=O) groups is 1. The molecule has 0 bridgehead atoms. The van der Waals surface area contributed by atoms with Gasteiger partial charge in [-0.3, -0.25) is 14.7 Å². The van der Waals surface area contributed by atoms with Crippen LogP contribution in [0.15, 0.2) is 30.5 Å². The van der Waals surface area contributed by atoms with Gasteiger partial charge in [-0.2, -0.15) is 5.26 Å². The molecule has 0 aliphatic carbocycles. The summed E-state index contributed by atoms with van der Waals surface area (Å²) in [6.07, 6.45) is 1.75. The molecule has 2 aliphatic heterocycles. The molecule has 2 aromatic rings. The Labute approximate surface area is 163 Å². The summed E-state index contributed by atoms with van der Waals surface area (Å²) in [4.78, 5) is 20.4. The second-order valence-electron chi connectivity index (χ2n) is 7.72. The minimum absolute atomic E-state index is 0.0365. The smallest absolute Gasteiger partial charge is 0.237 e. The molecule has 6 nitrogen and oxygen atoms in total. The number of anilines is 1. The Hall–Kier alpha value is -2.72. The summed E-state index contributed by atoms with van der Waals surface area (Å²) in [6.45, 7) is 3.89. The topological polar surface area (TPSA) is 72.3 Å². The molecule has 0 spiro atoms. The average Bonchev–Trinajstić information content (AvgIpc) is 3.30. The number of alkyl halides is 1. The van der Waals surface area contributed by atoms with E-state index in [1.54, 1.807) is 6.20 Å². The fourth-order valence-corrected chi connectivity index (χ4v) is 4.22. The molecule has 7 heteroatoms. The van der Waals surface area contributed by atoms with Crippen molar-refractivity contribution in [3.05, 3.63) is 36.0 Å². The zero-order valence-corrected chi connectivity index (χ0v) is 15.9. The van der Waals surface area contributed by atoms with Crippen molar-refractivity contribution in [2.75, 3.05) is 31.5 Å². The summed E-state index contributed by atoms with van der Waals surface area (Å²) >= 11 is 0. The normalized spacial score (nSPS) is 25.2. The Kier molecular flexibility index (Phi) is 5.14. The Morgan fingerprint density at radius 1 is 1.39 bits per heavy atom. The summed E-state index contributed by atoms with van der Waals surface area (Å²) in [5.74, 6) is -0.155. The predicted molar refractivity (Wildman–Crippen MR) is 106 cm³/mol. The van der Waals surface area contributed by atoms with Crippen molar-refractivity contribution in [1.29, 1.82) is 5.26 Å². The summed E-state index contributed by atoms with van der Waals surface area (Å²) in [7, 11) is 0. The van der Waals surface area contributed by atoms with E-state index >= 15 is 0 Å². The van der Waals surface area contributed by atoms with E-state index in [1.807, 2.05) is 18.2 Å². The molecule has 4 rings (SSSR count). The van der Waals surface area contributed by atoms with Gasteiger partial charge >= 0.3 is 0 Å². The molecule has 2 saturated heterocycles. The maximum Gasteiger partial charge on any atom is 0.237 e. The first-order valence-corrected chi connectivity index (χ1v) is 9.71. The van der Waals surface area contributed by atoms with Gasteiger partial charge in [0.2, 0.25) is 5.91 Å². The summed E-state index contributed by atoms with van der Waals surface area (Å²) in [5, 5.41) is 13.9. The first-order chi connectivity index (χ1) is 13.5. The molecular formula is C21H24FN5O. The van der Waals surface area contributed by atoms with Gasteiger partial charge in [-0.25, -0.2) is 4.39 Å². The second-order valence-corrected chi connectivity index (χ2v) is 7.72. The third-order valence-electron chi connectivity index (χ3n) is 5.69. The molecule has 0 unspecified atom stereocenters. The van der Waals surface area contributed by atoms with Gasteiger partial charge in [-0.15, -0.1) is 0 Å². The Balaban J connectivity index is 1.40. The van der Waals surface area contributed by atoms with Crippen LogP contribution in [0, 0.1) is 18.3 Å². The summed E-state index contributed by atoms with van der Waals surface area (Å²) < 4.78 is 13.6. The molecule has 0 saturated carbocycles. The number of nitrogens with one attached hydrogen (secondary N) is 1. The van der Waals surface area contributed by atoms with E-state index in [-0.39, 0.29) is 31.5 Å². The monoisotopic (exact) mass is 381 g/mol. The van der Waals surface area contributed by atoms with Crippen molar-refractivity contribution in [3.63, 3.8) is 0 Å². The molecule has 1 N–H and O–H groups in total. The van der Waals surface area contributed by atoms with Crippen molar-refractivity contribution >= 4 is 22.5 Å². The van der Waals surface area contributed by atoms with Crippen LogP contribution >= 0.6 is 0 Å². The number of halogens is 1. The SMILES string of the molecule is Cc1ccc2ncccc2c1N[C@H]1CCN(CC(=O)N2C[C@@H](F)C[C@H]2C#N)C1. The maximum atomic E-state index is 13.6. The van der Waals surface area contributed by atoms with Crippen molar-refractivity contribution < 1.29 is 9.18 Å². The highest BCUT2D eigenvalue weighted by Gasteiger charge is 2.36. The summed E-state index contributed by atoms with van der Waals surface area (Å²) in [6, 6.07) is 9.73. The van der Waals surface area contributed by atoms with Crippen LogP contribution in [0.25, 0.3) is 10.9 Å². The largest absolute Gasteiger partial charge is 0.380 e. The number of aryl methyl sites for hydroxylation is 1. The van der Waals surface area contributed by atoms with Crippen LogP contribution in [0.4, 0.5) is 10.1 Å². The number of benzene rings is 1. The first-order valence-electron chi connectivity index (χ1n) is 9.71. The van der Waals surface area contributed by atoms with Gasteiger partial charge in [0.1, 0.15) is 12.2 Å². The molecule has 3 heterocycles. The van der Waals surface area contributed by atoms with Crippen molar-refractivity contribution in [2.24, 2.45) is 0 Å². The van der Waals surface area contributed by atoms with Crippen LogP contribution in [0.5, 0.6) is 0 Å². The standard InChI is InChI=1S/C21H24FN5O/c1-14-4-5-19-18(3-2-7-24-19)21(14)25-16-6-8-26(12-16)13-20(28)27-11-15(22)9-17(27)10-23/h2-5,7,15-17,25H,6,8-9,11-13H2,1H3/t15-,16-,17-/m0/s1. The predicted octanol–water partition coefficient (Wildman–Crippen LogP) is 2.49. The number of pyridine rings is 1. The molecule has 3 atom stereocenters. The lowest BCUT2D eigenvalue weighted by Crippen LogP contribution is -2.42. The van der Waals surface area contributed by atoms with Crippen LogP contribution in [0.1, 0.15) is 18.4 Å². The fourth-order valence-electron chi connectivity index (χ4n) is 4.22. The number of carbonyl (C=O) groups excluding carboxylic acids is 1. The lowest BCUT2D eigenvalue weighted by atomic mass is 10.1. The van der Waals surface area contributed by atoms with E-state index in [9.17, 15) is 9.18 Å². The van der Waals surface area contributed by atoms with Gasteiger partial charge in [0.25, 0.3) is 0 Å². The molecule has 0 radical (unpaired) electrons. The van der Waals surface area contributed by atoms with Crippen LogP contribution < -0.4 is 5.32 Å². The van der Waals surface area contributed by atoms with Gasteiger partial charge in [-0.1, -0.05) is 6.07 Å². The Bertz CT molecular complexity index is 927. The van der Waals surface area contributed by atoms with Crippen LogP contribution in [-0.4, -0.2) is 65.1 Å². The molecule has 28 heavy (non-hydrogen) atoms. The molecule has 146 valence electrons. The first kappa shape index (κ1) is 18.6. The van der Waals surface area contributed by atoms with Crippen LogP contribution in [0.3, 0.4) is 0 Å². The van der Waals surface area contributed by atoms with E-state index in [4.69, 9.17) is 5.26 Å². The van der Waals surface area contributed by atoms with Crippen molar-refractivity contribution in [3.8, 4) is 6.07 Å². The molecule has 1 amide bonds. The number of aromatic nitrogens is 1. The minimum Gasteiger partial charge on any atom is -0.380 e. The van der Waals surface area contributed by atoms with Gasteiger partial charge < -0.3 is 10.2 Å². The van der Waals surface area contributed by atoms with Crippen LogP contribution in [-0.2, 0) is 4.79 Å². The van der Waals surface area contributed by atoms with E-state index in [0.717, 1.165) is 41.7 Å². The number of amides is 1. The van der Waals surface area contributed by atoms with E-state index in [0.29, 0.717) is 0 Å². The number of rotatable bonds is 4. The summed E-state index contributed by atoms with van der Waals surface area (Å²) in [5.41, 5.74) is 3.21. The Morgan fingerprint density at radius 2 is 2.25 bits per heavy atom. The number of fused-ring (bicyclic) bond motifs is 1. The van der Waals surface area contributed by atoms with Crippen molar-refractivity contribution in [1.82, 2.24) is 14.8 Å². The number of nitriles is 1. The minimum atomic E-state index is -1.09. The van der Waals surface area contributed by atoms with Gasteiger partial charge in [0.05, 0.1) is 24.7 Å². The molecule has 2 aliphatic rings. The molecule has 1 aromatic carbocycles. The molecule has 1 aromatic heterocycles. The third-order valence-corrected chi connectivity index (χ3v) is 5.69. The fraction of sp³-hybridized carbons (Fsp3) is 0.476. The van der Waals surface area contributed by atoms with Crippen LogP contribution in [0.2, 0.25) is 0 Å². The maximum absolute atomic E-state index is 13.6. The number of hydrogen-bond donors (Lipinski definition) is 1. The molecular weight excluding hydrogens is 357 g/mol. The highest BCUT2D eigenvalue weighted by atomic mass is 19.1. The van der Waals surface area contributed by atoms with E-state index < -0.39 is 12.2 Å². The number of likely N-dealkylation sites (tertiary alicyclic amines) is 2. The quantitative estimate of drug-likeness (QED) is 0.881. The number of hydrogen-bond acceptors (Lipinski definition) is 5. The van der Waals surface area contributed by atoms with Gasteiger partial charge in [0.15, 0.2) is 0 Å². The van der Waals surface area contributed by atoms with E-state index in [1.165, 1.54) is 4.90 Å². The Morgan fingerprint density at radius 3 is 3.07 bits per heavy atom. The lowest BCUT2D eigenvalue weighted by Gasteiger charge is -2.23. The molecule has 2 fully saturated rings. The van der Waals surface area contributed by atoms with Crippen molar-refractivity contribution in [2.45, 2.75) is 38.0 Å². The highest BCUT2D eigenvalue weighted by molar-refractivity contribution is 5.93. The third kappa shape index (κ3) is 3.65. The average molecular weight is 381 g/mol. The zero-order chi connectivity index (χ0) is 19.7. The van der Waals surface area contributed by atoms with E-state index in [2.05, 4.69) is 34.3 Å². The zero-order valence-electron chi connectivity index (χ0n) is 15.9. The van der Waals surface area contributed by atoms with Gasteiger partial charge in [0, 0.05) is 42.8 Å². The lowest BCUT2D eigenvalue weighted by molar-refractivity contribution is -0.132. The highest BCUT2D eigenvalue weighted by Crippen LogP contribution is 2.28. The number of nitrogens with zero attached hydrogens (tertiary/aromatic N) is 4.